The van der Waals surface area contributed by atoms with E-state index < -0.39 is 5.97 Å². The minimum Gasteiger partial charge on any atom is -0.508 e. The van der Waals surface area contributed by atoms with E-state index in [1.165, 1.54) is 42.5 Å². The van der Waals surface area contributed by atoms with Crippen molar-refractivity contribution in [2.75, 3.05) is 4.90 Å². The number of hydrogen-bond donors (Lipinski definition) is 1. The summed E-state index contributed by atoms with van der Waals surface area (Å²) in [4.78, 5) is 30.4. The maximum absolute atomic E-state index is 12.3. The van der Waals surface area contributed by atoms with Gasteiger partial charge in [0.15, 0.2) is 5.13 Å². The van der Waals surface area contributed by atoms with Gasteiger partial charge in [-0.2, -0.15) is 0 Å². The summed E-state index contributed by atoms with van der Waals surface area (Å²) in [7, 11) is 0. The first-order valence-electron chi connectivity index (χ1n) is 8.63. The van der Waals surface area contributed by atoms with Gasteiger partial charge in [0.2, 0.25) is 5.91 Å². The molecule has 28 heavy (non-hydrogen) atoms. The van der Waals surface area contributed by atoms with Gasteiger partial charge < -0.3 is 9.84 Å². The number of phenolic OH excluding ortho intramolecular Hbond substituents is 1. The summed E-state index contributed by atoms with van der Waals surface area (Å²) < 4.78 is 5.27. The van der Waals surface area contributed by atoms with E-state index in [0.717, 1.165) is 16.8 Å². The molecule has 0 saturated carbocycles. The third kappa shape index (κ3) is 4.37. The van der Waals surface area contributed by atoms with Crippen LogP contribution in [-0.2, 0) is 16.1 Å². The summed E-state index contributed by atoms with van der Waals surface area (Å²) >= 11 is 1.31. The Morgan fingerprint density at radius 1 is 1.14 bits per heavy atom. The van der Waals surface area contributed by atoms with Gasteiger partial charge >= 0.3 is 5.97 Å². The molecule has 144 valence electrons. The molecular weight excluding hydrogens is 376 g/mol. The van der Waals surface area contributed by atoms with Gasteiger partial charge in [0.1, 0.15) is 12.4 Å². The molecule has 0 aliphatic heterocycles. The third-order valence-corrected chi connectivity index (χ3v) is 4.97. The molecule has 3 rings (SSSR count). The Balaban J connectivity index is 1.75. The highest BCUT2D eigenvalue weighted by Crippen LogP contribution is 2.31. The van der Waals surface area contributed by atoms with E-state index in [1.54, 1.807) is 10.3 Å². The number of rotatable bonds is 5. The van der Waals surface area contributed by atoms with E-state index in [1.807, 2.05) is 32.0 Å². The normalized spacial score (nSPS) is 10.5. The molecule has 1 N–H and O–H groups in total. The Bertz CT molecular complexity index is 1010. The second-order valence-electron chi connectivity index (χ2n) is 6.39. The molecule has 0 aliphatic carbocycles. The lowest BCUT2D eigenvalue weighted by molar-refractivity contribution is -0.115. The lowest BCUT2D eigenvalue weighted by Crippen LogP contribution is -2.23. The van der Waals surface area contributed by atoms with E-state index in [9.17, 15) is 14.7 Å². The number of carbonyl (C=O) groups is 2. The minimum atomic E-state index is -0.507. The second-order valence-corrected chi connectivity index (χ2v) is 7.23. The summed E-state index contributed by atoms with van der Waals surface area (Å²) in [6.07, 6.45) is 0. The van der Waals surface area contributed by atoms with Crippen molar-refractivity contribution in [2.45, 2.75) is 27.4 Å². The molecule has 0 spiro atoms. The minimum absolute atomic E-state index is 0.00512. The SMILES string of the molecule is CC(=O)N(c1nc(COC(=O)c2ccc(O)cc2)cs1)c1ccc(C)cc1C. The zero-order valence-electron chi connectivity index (χ0n) is 15.8. The summed E-state index contributed by atoms with van der Waals surface area (Å²) in [6.45, 7) is 5.44. The molecule has 1 heterocycles. The van der Waals surface area contributed by atoms with Gasteiger partial charge in [0.25, 0.3) is 0 Å². The van der Waals surface area contributed by atoms with Crippen LogP contribution < -0.4 is 4.90 Å². The van der Waals surface area contributed by atoms with Crippen molar-refractivity contribution in [3.63, 3.8) is 0 Å². The number of amides is 1. The molecule has 0 saturated heterocycles. The zero-order chi connectivity index (χ0) is 20.3. The number of esters is 1. The van der Waals surface area contributed by atoms with E-state index in [-0.39, 0.29) is 18.3 Å². The van der Waals surface area contributed by atoms with Gasteiger partial charge in [0.05, 0.1) is 16.9 Å². The Kier molecular flexibility index (Phi) is 5.75. The fourth-order valence-corrected chi connectivity index (χ4v) is 3.61. The molecule has 0 aliphatic rings. The predicted octanol–water partition coefficient (Wildman–Crippen LogP) is 4.51. The van der Waals surface area contributed by atoms with E-state index in [2.05, 4.69) is 4.98 Å². The molecule has 0 fully saturated rings. The number of nitrogens with zero attached hydrogens (tertiary/aromatic N) is 2. The Morgan fingerprint density at radius 3 is 2.50 bits per heavy atom. The van der Waals surface area contributed by atoms with Crippen molar-refractivity contribution in [3.05, 3.63) is 70.2 Å². The highest BCUT2D eigenvalue weighted by atomic mass is 32.1. The summed E-state index contributed by atoms with van der Waals surface area (Å²) in [5, 5.41) is 11.6. The number of anilines is 2. The Hall–Kier alpha value is -3.19. The van der Waals surface area contributed by atoms with Crippen LogP contribution in [0.15, 0.2) is 47.8 Å². The molecule has 6 nitrogen and oxygen atoms in total. The second kappa shape index (κ2) is 8.22. The van der Waals surface area contributed by atoms with Crippen molar-refractivity contribution in [3.8, 4) is 5.75 Å². The van der Waals surface area contributed by atoms with Gasteiger partial charge in [-0.1, -0.05) is 17.7 Å². The molecule has 2 aromatic carbocycles. The predicted molar refractivity (Wildman–Crippen MR) is 108 cm³/mol. The van der Waals surface area contributed by atoms with Gasteiger partial charge in [0, 0.05) is 12.3 Å². The van der Waals surface area contributed by atoms with Crippen molar-refractivity contribution >= 4 is 34.0 Å². The Morgan fingerprint density at radius 2 is 1.86 bits per heavy atom. The highest BCUT2D eigenvalue weighted by molar-refractivity contribution is 7.14. The summed E-state index contributed by atoms with van der Waals surface area (Å²) in [6, 6.07) is 11.7. The first-order valence-corrected chi connectivity index (χ1v) is 9.51. The van der Waals surface area contributed by atoms with Crippen LogP contribution in [0.25, 0.3) is 0 Å². The van der Waals surface area contributed by atoms with Crippen LogP contribution >= 0.6 is 11.3 Å². The summed E-state index contributed by atoms with van der Waals surface area (Å²) in [5.74, 6) is -0.572. The number of benzene rings is 2. The molecule has 0 bridgehead atoms. The van der Waals surface area contributed by atoms with Crippen molar-refractivity contribution in [1.82, 2.24) is 4.98 Å². The number of phenols is 1. The monoisotopic (exact) mass is 396 g/mol. The van der Waals surface area contributed by atoms with Gasteiger partial charge in [-0.05, 0) is 49.7 Å². The molecule has 1 aromatic heterocycles. The van der Waals surface area contributed by atoms with E-state index in [0.29, 0.717) is 16.4 Å². The number of ether oxygens (including phenoxy) is 1. The third-order valence-electron chi connectivity index (χ3n) is 4.09. The smallest absolute Gasteiger partial charge is 0.338 e. The molecule has 0 atom stereocenters. The molecule has 7 heteroatoms. The zero-order valence-corrected chi connectivity index (χ0v) is 16.6. The van der Waals surface area contributed by atoms with Crippen LogP contribution in [0.5, 0.6) is 5.75 Å². The maximum Gasteiger partial charge on any atom is 0.338 e. The molecule has 0 unspecified atom stereocenters. The van der Waals surface area contributed by atoms with Crippen molar-refractivity contribution in [1.29, 1.82) is 0 Å². The van der Waals surface area contributed by atoms with Crippen LogP contribution in [-0.4, -0.2) is 22.0 Å². The molecule has 1 amide bonds. The molecule has 3 aromatic rings. The number of aromatic nitrogens is 1. The van der Waals surface area contributed by atoms with Gasteiger partial charge in [-0.3, -0.25) is 9.69 Å². The van der Waals surface area contributed by atoms with Crippen LogP contribution in [0.4, 0.5) is 10.8 Å². The Labute approximate surface area is 167 Å². The topological polar surface area (TPSA) is 79.7 Å². The van der Waals surface area contributed by atoms with Gasteiger partial charge in [-0.15, -0.1) is 11.3 Å². The van der Waals surface area contributed by atoms with Crippen LogP contribution in [0.3, 0.4) is 0 Å². The number of thiazole rings is 1. The average Bonchev–Trinajstić information content (AvgIpc) is 3.10. The molecular formula is C21H20N2O4S. The number of hydrogen-bond acceptors (Lipinski definition) is 6. The lowest BCUT2D eigenvalue weighted by Gasteiger charge is -2.20. The lowest BCUT2D eigenvalue weighted by atomic mass is 10.1. The standard InChI is InChI=1S/C21H20N2O4S/c1-13-4-9-19(14(2)10-13)23(15(3)24)21-22-17(12-28-21)11-27-20(26)16-5-7-18(25)8-6-16/h4-10,12,25H,11H2,1-3H3. The first-order chi connectivity index (χ1) is 13.3. The van der Waals surface area contributed by atoms with Gasteiger partial charge in [-0.25, -0.2) is 9.78 Å². The number of aryl methyl sites for hydroxylation is 2. The molecule has 0 radical (unpaired) electrons. The highest BCUT2D eigenvalue weighted by Gasteiger charge is 2.20. The quantitative estimate of drug-likeness (QED) is 0.642. The number of aromatic hydroxyl groups is 1. The fourth-order valence-electron chi connectivity index (χ4n) is 2.75. The first kappa shape index (κ1) is 19.6. The fraction of sp³-hybridized carbons (Fsp3) is 0.190. The average molecular weight is 396 g/mol. The van der Waals surface area contributed by atoms with Crippen LogP contribution in [0.1, 0.15) is 34.1 Å². The summed E-state index contributed by atoms with van der Waals surface area (Å²) in [5.41, 5.74) is 3.77. The maximum atomic E-state index is 12.3. The van der Waals surface area contributed by atoms with Crippen molar-refractivity contribution < 1.29 is 19.4 Å². The number of carbonyl (C=O) groups excluding carboxylic acids is 2. The van der Waals surface area contributed by atoms with Crippen molar-refractivity contribution in [2.24, 2.45) is 0 Å². The van der Waals surface area contributed by atoms with E-state index >= 15 is 0 Å². The van der Waals surface area contributed by atoms with E-state index in [4.69, 9.17) is 4.74 Å². The van der Waals surface area contributed by atoms with Crippen LogP contribution in [0.2, 0.25) is 0 Å². The van der Waals surface area contributed by atoms with Crippen LogP contribution in [0, 0.1) is 13.8 Å². The largest absolute Gasteiger partial charge is 0.508 e.